The van der Waals surface area contributed by atoms with Crippen LogP contribution >= 0.6 is 0 Å². The SMILES string of the molecule is CN1N=C(C(=O)N[C@@H](c2ccccc2)c2ccccn2)CCC1=O. The smallest absolute Gasteiger partial charge is 0.268 e. The monoisotopic (exact) mass is 322 g/mol. The molecule has 0 fully saturated rings. The van der Waals surface area contributed by atoms with Gasteiger partial charge in [-0.2, -0.15) is 5.10 Å². The number of amides is 2. The molecule has 1 aliphatic rings. The molecule has 0 aliphatic carbocycles. The summed E-state index contributed by atoms with van der Waals surface area (Å²) < 4.78 is 0. The minimum Gasteiger partial charge on any atom is -0.338 e. The summed E-state index contributed by atoms with van der Waals surface area (Å²) in [7, 11) is 1.56. The maximum atomic E-state index is 12.6. The molecule has 1 aromatic carbocycles. The molecule has 2 aromatic rings. The predicted molar refractivity (Wildman–Crippen MR) is 90.1 cm³/mol. The van der Waals surface area contributed by atoms with Crippen molar-refractivity contribution in [1.82, 2.24) is 15.3 Å². The van der Waals surface area contributed by atoms with E-state index in [4.69, 9.17) is 0 Å². The molecule has 0 spiro atoms. The van der Waals surface area contributed by atoms with Gasteiger partial charge in [0.15, 0.2) is 0 Å². The molecular formula is C18H18N4O2. The first kappa shape index (κ1) is 15.9. The van der Waals surface area contributed by atoms with Crippen LogP contribution in [-0.2, 0) is 9.59 Å². The van der Waals surface area contributed by atoms with E-state index in [1.54, 1.807) is 13.2 Å². The quantitative estimate of drug-likeness (QED) is 0.934. The van der Waals surface area contributed by atoms with Gasteiger partial charge in [0.2, 0.25) is 5.91 Å². The van der Waals surface area contributed by atoms with Gasteiger partial charge < -0.3 is 5.32 Å². The van der Waals surface area contributed by atoms with Crippen LogP contribution in [0.4, 0.5) is 0 Å². The lowest BCUT2D eigenvalue weighted by molar-refractivity contribution is -0.130. The summed E-state index contributed by atoms with van der Waals surface area (Å²) in [4.78, 5) is 28.5. The Kier molecular flexibility index (Phi) is 4.65. The fraction of sp³-hybridized carbons (Fsp3) is 0.222. The Morgan fingerprint density at radius 2 is 1.88 bits per heavy atom. The van der Waals surface area contributed by atoms with Crippen molar-refractivity contribution in [2.75, 3.05) is 7.05 Å². The number of carbonyl (C=O) groups is 2. The van der Waals surface area contributed by atoms with E-state index in [0.29, 0.717) is 18.6 Å². The largest absolute Gasteiger partial charge is 0.338 e. The molecule has 0 saturated heterocycles. The summed E-state index contributed by atoms with van der Waals surface area (Å²) in [6, 6.07) is 14.9. The second kappa shape index (κ2) is 7.04. The summed E-state index contributed by atoms with van der Waals surface area (Å²) in [6.07, 6.45) is 2.34. The van der Waals surface area contributed by atoms with Crippen LogP contribution in [-0.4, -0.2) is 34.6 Å². The highest BCUT2D eigenvalue weighted by Crippen LogP contribution is 2.20. The van der Waals surface area contributed by atoms with Gasteiger partial charge in [0, 0.05) is 26.1 Å². The number of rotatable bonds is 4. The number of hydrazone groups is 1. The van der Waals surface area contributed by atoms with Crippen LogP contribution in [0.25, 0.3) is 0 Å². The Morgan fingerprint density at radius 1 is 1.12 bits per heavy atom. The normalized spacial score (nSPS) is 15.6. The number of nitrogens with one attached hydrogen (secondary N) is 1. The van der Waals surface area contributed by atoms with Crippen molar-refractivity contribution >= 4 is 17.5 Å². The van der Waals surface area contributed by atoms with Gasteiger partial charge in [-0.25, -0.2) is 5.01 Å². The zero-order valence-electron chi connectivity index (χ0n) is 13.3. The zero-order valence-corrected chi connectivity index (χ0v) is 13.3. The highest BCUT2D eigenvalue weighted by Gasteiger charge is 2.25. The molecule has 2 heterocycles. The number of hydrogen-bond donors (Lipinski definition) is 1. The highest BCUT2D eigenvalue weighted by atomic mass is 16.2. The van der Waals surface area contributed by atoms with Crippen LogP contribution in [0.5, 0.6) is 0 Å². The predicted octanol–water partition coefficient (Wildman–Crippen LogP) is 1.90. The Balaban J connectivity index is 1.86. The molecule has 24 heavy (non-hydrogen) atoms. The van der Waals surface area contributed by atoms with E-state index in [1.165, 1.54) is 5.01 Å². The summed E-state index contributed by atoms with van der Waals surface area (Å²) in [5, 5.41) is 8.28. The van der Waals surface area contributed by atoms with Crippen molar-refractivity contribution in [3.63, 3.8) is 0 Å². The summed E-state index contributed by atoms with van der Waals surface area (Å²) >= 11 is 0. The minimum absolute atomic E-state index is 0.0871. The van der Waals surface area contributed by atoms with E-state index in [-0.39, 0.29) is 17.9 Å². The van der Waals surface area contributed by atoms with E-state index >= 15 is 0 Å². The van der Waals surface area contributed by atoms with E-state index in [0.717, 1.165) is 11.3 Å². The average molecular weight is 322 g/mol. The molecule has 0 radical (unpaired) electrons. The van der Waals surface area contributed by atoms with Gasteiger partial charge in [0.05, 0.1) is 11.7 Å². The molecule has 1 N–H and O–H groups in total. The minimum atomic E-state index is -0.370. The molecule has 1 aliphatic heterocycles. The van der Waals surface area contributed by atoms with Crippen molar-refractivity contribution in [2.24, 2.45) is 5.10 Å². The fourth-order valence-electron chi connectivity index (χ4n) is 2.57. The molecular weight excluding hydrogens is 304 g/mol. The van der Waals surface area contributed by atoms with E-state index in [2.05, 4.69) is 15.4 Å². The number of carbonyl (C=O) groups excluding carboxylic acids is 2. The Labute approximate surface area is 140 Å². The molecule has 0 bridgehead atoms. The van der Waals surface area contributed by atoms with Gasteiger partial charge in [-0.15, -0.1) is 0 Å². The van der Waals surface area contributed by atoms with Crippen LogP contribution in [0.1, 0.15) is 30.1 Å². The van der Waals surface area contributed by atoms with Crippen molar-refractivity contribution in [2.45, 2.75) is 18.9 Å². The van der Waals surface area contributed by atoms with Crippen LogP contribution in [0, 0.1) is 0 Å². The van der Waals surface area contributed by atoms with Crippen LogP contribution in [0.2, 0.25) is 0 Å². The van der Waals surface area contributed by atoms with Gasteiger partial charge in [0.1, 0.15) is 5.71 Å². The first-order valence-corrected chi connectivity index (χ1v) is 7.76. The third-order valence-corrected chi connectivity index (χ3v) is 3.86. The fourth-order valence-corrected chi connectivity index (χ4v) is 2.57. The van der Waals surface area contributed by atoms with Crippen molar-refractivity contribution in [3.05, 3.63) is 66.0 Å². The molecule has 0 unspecified atom stereocenters. The first-order chi connectivity index (χ1) is 11.6. The lowest BCUT2D eigenvalue weighted by Crippen LogP contribution is -2.39. The molecule has 1 atom stereocenters. The molecule has 2 amide bonds. The van der Waals surface area contributed by atoms with E-state index in [9.17, 15) is 9.59 Å². The zero-order chi connectivity index (χ0) is 16.9. The topological polar surface area (TPSA) is 74.7 Å². The van der Waals surface area contributed by atoms with Gasteiger partial charge >= 0.3 is 0 Å². The summed E-state index contributed by atoms with van der Waals surface area (Å²) in [5.41, 5.74) is 2.04. The first-order valence-electron chi connectivity index (χ1n) is 7.76. The number of pyridine rings is 1. The second-order valence-electron chi connectivity index (χ2n) is 5.54. The maximum Gasteiger partial charge on any atom is 0.268 e. The van der Waals surface area contributed by atoms with Crippen molar-refractivity contribution < 1.29 is 9.59 Å². The third-order valence-electron chi connectivity index (χ3n) is 3.86. The van der Waals surface area contributed by atoms with Crippen LogP contribution in [0.15, 0.2) is 59.8 Å². The van der Waals surface area contributed by atoms with Gasteiger partial charge in [-0.3, -0.25) is 14.6 Å². The Hall–Kier alpha value is -3.02. The van der Waals surface area contributed by atoms with E-state index < -0.39 is 0 Å². The van der Waals surface area contributed by atoms with Gasteiger partial charge in [-0.1, -0.05) is 36.4 Å². The molecule has 1 aromatic heterocycles. The lowest BCUT2D eigenvalue weighted by Gasteiger charge is -2.22. The summed E-state index contributed by atoms with van der Waals surface area (Å²) in [6.45, 7) is 0. The molecule has 3 rings (SSSR count). The number of nitrogens with zero attached hydrogens (tertiary/aromatic N) is 3. The Bertz CT molecular complexity index is 720. The third kappa shape index (κ3) is 3.48. The molecule has 0 saturated carbocycles. The maximum absolute atomic E-state index is 12.6. The molecule has 6 heteroatoms. The number of aromatic nitrogens is 1. The van der Waals surface area contributed by atoms with Gasteiger partial charge in [0.25, 0.3) is 5.91 Å². The molecule has 6 nitrogen and oxygen atoms in total. The van der Waals surface area contributed by atoms with Crippen molar-refractivity contribution in [3.8, 4) is 0 Å². The summed E-state index contributed by atoms with van der Waals surface area (Å²) in [5.74, 6) is -0.371. The van der Waals surface area contributed by atoms with E-state index in [1.807, 2.05) is 48.5 Å². The Morgan fingerprint density at radius 3 is 2.54 bits per heavy atom. The van der Waals surface area contributed by atoms with Gasteiger partial charge in [-0.05, 0) is 17.7 Å². The molecule has 122 valence electrons. The lowest BCUT2D eigenvalue weighted by atomic mass is 10.0. The van der Waals surface area contributed by atoms with Crippen molar-refractivity contribution in [1.29, 1.82) is 0 Å². The number of benzene rings is 1. The second-order valence-corrected chi connectivity index (χ2v) is 5.54. The standard InChI is InChI=1S/C18H18N4O2/c1-22-16(23)11-10-15(21-22)18(24)20-17(13-7-3-2-4-8-13)14-9-5-6-12-19-14/h2-9,12,17H,10-11H2,1H3,(H,20,24)/t17-/m0/s1. The average Bonchev–Trinajstić information content (AvgIpc) is 2.63. The number of hydrogen-bond acceptors (Lipinski definition) is 4. The highest BCUT2D eigenvalue weighted by molar-refractivity contribution is 6.39. The van der Waals surface area contributed by atoms with Crippen LogP contribution in [0.3, 0.4) is 0 Å². The van der Waals surface area contributed by atoms with Crippen LogP contribution < -0.4 is 5.32 Å².